The van der Waals surface area contributed by atoms with Crippen LogP contribution in [0.4, 0.5) is 5.82 Å². The van der Waals surface area contributed by atoms with E-state index in [0.717, 1.165) is 10.2 Å². The number of hydrogen-bond acceptors (Lipinski definition) is 4. The van der Waals surface area contributed by atoms with Crippen molar-refractivity contribution in [2.45, 2.75) is 6.42 Å². The summed E-state index contributed by atoms with van der Waals surface area (Å²) in [5.41, 5.74) is 6.05. The molecule has 0 aliphatic carbocycles. The lowest BCUT2D eigenvalue weighted by Gasteiger charge is -2.05. The maximum atomic E-state index is 11.8. The van der Waals surface area contributed by atoms with Crippen molar-refractivity contribution in [1.29, 1.82) is 0 Å². The first-order chi connectivity index (χ1) is 8.66. The molecule has 2 heterocycles. The van der Waals surface area contributed by atoms with E-state index in [9.17, 15) is 4.79 Å². The molecule has 0 radical (unpaired) electrons. The number of halogens is 1. The van der Waals surface area contributed by atoms with E-state index in [-0.39, 0.29) is 11.7 Å². The quantitative estimate of drug-likeness (QED) is 0.907. The van der Waals surface area contributed by atoms with Gasteiger partial charge in [-0.05, 0) is 46.6 Å². The molecule has 1 amide bonds. The molecule has 0 unspecified atom stereocenters. The molecule has 0 aliphatic heterocycles. The van der Waals surface area contributed by atoms with Crippen LogP contribution < -0.4 is 11.1 Å². The first-order valence-corrected chi connectivity index (χ1v) is 7.00. The second kappa shape index (κ2) is 5.97. The normalized spacial score (nSPS) is 10.3. The number of anilines is 1. The van der Waals surface area contributed by atoms with E-state index < -0.39 is 0 Å². The molecular weight excluding hydrogens is 314 g/mol. The number of nitrogens with zero attached hydrogens (tertiary/aromatic N) is 1. The minimum Gasteiger partial charge on any atom is -0.383 e. The molecule has 0 spiro atoms. The van der Waals surface area contributed by atoms with Crippen LogP contribution in [0.15, 0.2) is 34.2 Å². The molecule has 0 aromatic carbocycles. The highest BCUT2D eigenvalue weighted by atomic mass is 79.9. The minimum atomic E-state index is -0.184. The molecular formula is C12H12BrN3OS. The summed E-state index contributed by atoms with van der Waals surface area (Å²) in [6.45, 7) is 0.583. The molecule has 2 rings (SSSR count). The molecule has 0 aliphatic rings. The molecule has 0 saturated heterocycles. The summed E-state index contributed by atoms with van der Waals surface area (Å²) in [7, 11) is 0. The van der Waals surface area contributed by atoms with Crippen LogP contribution in [0, 0.1) is 0 Å². The Morgan fingerprint density at radius 2 is 2.28 bits per heavy atom. The SMILES string of the molecule is Nc1ncccc1C(=O)NCCc1ccc(Br)s1. The Labute approximate surface area is 117 Å². The van der Waals surface area contributed by atoms with Gasteiger partial charge < -0.3 is 11.1 Å². The number of carbonyl (C=O) groups is 1. The van der Waals surface area contributed by atoms with Gasteiger partial charge in [0.25, 0.3) is 5.91 Å². The van der Waals surface area contributed by atoms with Gasteiger partial charge in [-0.15, -0.1) is 11.3 Å². The molecule has 2 aromatic heterocycles. The zero-order valence-corrected chi connectivity index (χ0v) is 11.9. The number of amides is 1. The molecule has 0 fully saturated rings. The second-order valence-corrected chi connectivity index (χ2v) is 6.20. The van der Waals surface area contributed by atoms with Gasteiger partial charge >= 0.3 is 0 Å². The van der Waals surface area contributed by atoms with Crippen molar-refractivity contribution in [1.82, 2.24) is 10.3 Å². The van der Waals surface area contributed by atoms with E-state index in [1.165, 1.54) is 4.88 Å². The van der Waals surface area contributed by atoms with E-state index in [1.54, 1.807) is 29.7 Å². The van der Waals surface area contributed by atoms with Gasteiger partial charge in [-0.2, -0.15) is 0 Å². The summed E-state index contributed by atoms with van der Waals surface area (Å²) in [4.78, 5) is 16.9. The van der Waals surface area contributed by atoms with Crippen molar-refractivity contribution in [3.8, 4) is 0 Å². The molecule has 0 atom stereocenters. The average Bonchev–Trinajstić information content (AvgIpc) is 2.75. The summed E-state index contributed by atoms with van der Waals surface area (Å²) in [6.07, 6.45) is 2.37. The Morgan fingerprint density at radius 3 is 2.94 bits per heavy atom. The third-order valence-electron chi connectivity index (χ3n) is 2.37. The monoisotopic (exact) mass is 325 g/mol. The molecule has 0 saturated carbocycles. The molecule has 2 aromatic rings. The van der Waals surface area contributed by atoms with E-state index in [1.807, 2.05) is 12.1 Å². The standard InChI is InChI=1S/C12H12BrN3OS/c13-10-4-3-8(18-10)5-7-16-12(17)9-2-1-6-15-11(9)14/h1-4,6H,5,7H2,(H2,14,15)(H,16,17). The summed E-state index contributed by atoms with van der Waals surface area (Å²) in [5, 5.41) is 2.83. The van der Waals surface area contributed by atoms with Gasteiger partial charge in [-0.25, -0.2) is 4.98 Å². The topological polar surface area (TPSA) is 68.0 Å². The van der Waals surface area contributed by atoms with Gasteiger partial charge in [0.15, 0.2) is 0 Å². The number of thiophene rings is 1. The highest BCUT2D eigenvalue weighted by Gasteiger charge is 2.09. The van der Waals surface area contributed by atoms with Crippen molar-refractivity contribution < 1.29 is 4.79 Å². The van der Waals surface area contributed by atoms with E-state index in [4.69, 9.17) is 5.73 Å². The summed E-state index contributed by atoms with van der Waals surface area (Å²) >= 11 is 5.07. The van der Waals surface area contributed by atoms with Crippen LogP contribution in [0.2, 0.25) is 0 Å². The van der Waals surface area contributed by atoms with Crippen LogP contribution in [0.25, 0.3) is 0 Å². The van der Waals surface area contributed by atoms with Crippen molar-refractivity contribution in [3.05, 3.63) is 44.7 Å². The lowest BCUT2D eigenvalue weighted by Crippen LogP contribution is -2.26. The third kappa shape index (κ3) is 3.30. The number of nitrogens with two attached hydrogens (primary N) is 1. The van der Waals surface area contributed by atoms with Gasteiger partial charge in [0.1, 0.15) is 5.82 Å². The predicted molar refractivity (Wildman–Crippen MR) is 76.7 cm³/mol. The maximum absolute atomic E-state index is 11.8. The number of nitrogen functional groups attached to an aromatic ring is 1. The smallest absolute Gasteiger partial charge is 0.255 e. The van der Waals surface area contributed by atoms with Crippen LogP contribution >= 0.6 is 27.3 Å². The minimum absolute atomic E-state index is 0.184. The maximum Gasteiger partial charge on any atom is 0.255 e. The van der Waals surface area contributed by atoms with Gasteiger partial charge in [0, 0.05) is 17.6 Å². The van der Waals surface area contributed by atoms with Crippen molar-refractivity contribution in [3.63, 3.8) is 0 Å². The van der Waals surface area contributed by atoms with Gasteiger partial charge in [-0.3, -0.25) is 4.79 Å². The van der Waals surface area contributed by atoms with E-state index >= 15 is 0 Å². The molecule has 4 nitrogen and oxygen atoms in total. The van der Waals surface area contributed by atoms with Crippen LogP contribution in [0.3, 0.4) is 0 Å². The number of carbonyl (C=O) groups excluding carboxylic acids is 1. The Balaban J connectivity index is 1.87. The highest BCUT2D eigenvalue weighted by Crippen LogP contribution is 2.22. The molecule has 94 valence electrons. The lowest BCUT2D eigenvalue weighted by molar-refractivity contribution is 0.0955. The molecule has 0 bridgehead atoms. The second-order valence-electron chi connectivity index (χ2n) is 3.65. The summed E-state index contributed by atoms with van der Waals surface area (Å²) in [6, 6.07) is 7.40. The van der Waals surface area contributed by atoms with Crippen LogP contribution in [0.5, 0.6) is 0 Å². The van der Waals surface area contributed by atoms with Gasteiger partial charge in [-0.1, -0.05) is 0 Å². The third-order valence-corrected chi connectivity index (χ3v) is 4.05. The molecule has 3 N–H and O–H groups in total. The summed E-state index contributed by atoms with van der Waals surface area (Å²) < 4.78 is 1.10. The zero-order chi connectivity index (χ0) is 13.0. The average molecular weight is 326 g/mol. The fraction of sp³-hybridized carbons (Fsp3) is 0.167. The van der Waals surface area contributed by atoms with Crippen molar-refractivity contribution >= 4 is 39.0 Å². The zero-order valence-electron chi connectivity index (χ0n) is 9.52. The number of nitrogens with one attached hydrogen (secondary N) is 1. The molecule has 18 heavy (non-hydrogen) atoms. The molecule has 6 heteroatoms. The Morgan fingerprint density at radius 1 is 1.44 bits per heavy atom. The Kier molecular flexibility index (Phi) is 4.33. The predicted octanol–water partition coefficient (Wildman–Crippen LogP) is 2.46. The highest BCUT2D eigenvalue weighted by molar-refractivity contribution is 9.11. The number of hydrogen-bond donors (Lipinski definition) is 2. The van der Waals surface area contributed by atoms with Gasteiger partial charge in [0.05, 0.1) is 9.35 Å². The largest absolute Gasteiger partial charge is 0.383 e. The fourth-order valence-electron chi connectivity index (χ4n) is 1.49. The lowest BCUT2D eigenvalue weighted by atomic mass is 10.2. The van der Waals surface area contributed by atoms with Crippen LogP contribution in [-0.2, 0) is 6.42 Å². The van der Waals surface area contributed by atoms with Crippen LogP contribution in [0.1, 0.15) is 15.2 Å². The first-order valence-electron chi connectivity index (χ1n) is 5.39. The number of pyridine rings is 1. The number of rotatable bonds is 4. The van der Waals surface area contributed by atoms with E-state index in [0.29, 0.717) is 12.1 Å². The van der Waals surface area contributed by atoms with Crippen LogP contribution in [-0.4, -0.2) is 17.4 Å². The summed E-state index contributed by atoms with van der Waals surface area (Å²) in [5.74, 6) is 0.0742. The van der Waals surface area contributed by atoms with E-state index in [2.05, 4.69) is 26.2 Å². The van der Waals surface area contributed by atoms with Gasteiger partial charge in [0.2, 0.25) is 0 Å². The Bertz CT molecular complexity index is 556. The number of aromatic nitrogens is 1. The fourth-order valence-corrected chi connectivity index (χ4v) is 2.97. The van der Waals surface area contributed by atoms with Crippen molar-refractivity contribution in [2.24, 2.45) is 0 Å². The van der Waals surface area contributed by atoms with Crippen molar-refractivity contribution in [2.75, 3.05) is 12.3 Å². The Hall–Kier alpha value is -1.40. The first kappa shape index (κ1) is 13.0.